The molecule has 2 aromatic rings. The highest BCUT2D eigenvalue weighted by Crippen LogP contribution is 2.28. The van der Waals surface area contributed by atoms with Crippen LogP contribution in [0.5, 0.6) is 0 Å². The predicted molar refractivity (Wildman–Crippen MR) is 87.1 cm³/mol. The Hall–Kier alpha value is -2.40. The van der Waals surface area contributed by atoms with Crippen LogP contribution >= 0.6 is 0 Å². The van der Waals surface area contributed by atoms with Crippen LogP contribution in [0.3, 0.4) is 0 Å². The van der Waals surface area contributed by atoms with E-state index in [0.717, 1.165) is 22.8 Å². The van der Waals surface area contributed by atoms with Crippen molar-refractivity contribution in [3.8, 4) is 11.3 Å². The zero-order valence-corrected chi connectivity index (χ0v) is 12.5. The van der Waals surface area contributed by atoms with Crippen molar-refractivity contribution in [2.24, 2.45) is 11.7 Å². The van der Waals surface area contributed by atoms with Crippen molar-refractivity contribution in [3.63, 3.8) is 0 Å². The Labute approximate surface area is 129 Å². The summed E-state index contributed by atoms with van der Waals surface area (Å²) in [5.74, 6) is 0.937. The second-order valence-corrected chi connectivity index (χ2v) is 5.73. The Morgan fingerprint density at radius 2 is 2.14 bits per heavy atom. The number of nitrogens with two attached hydrogens (primary N) is 1. The fourth-order valence-electron chi connectivity index (χ4n) is 2.62. The van der Waals surface area contributed by atoms with E-state index in [9.17, 15) is 4.79 Å². The topological polar surface area (TPSA) is 83.8 Å². The number of para-hydroxylation sites is 1. The average Bonchev–Trinajstić information content (AvgIpc) is 2.96. The molecule has 1 aromatic heterocycles. The van der Waals surface area contributed by atoms with Crippen LogP contribution in [0.15, 0.2) is 42.6 Å². The number of fused-ring (bicyclic) bond motifs is 4. The maximum Gasteiger partial charge on any atom is 0.224 e. The van der Waals surface area contributed by atoms with E-state index in [1.165, 1.54) is 0 Å². The highest BCUT2D eigenvalue weighted by molar-refractivity contribution is 5.95. The van der Waals surface area contributed by atoms with E-state index in [2.05, 4.69) is 15.3 Å². The second-order valence-electron chi connectivity index (χ2n) is 5.73. The summed E-state index contributed by atoms with van der Waals surface area (Å²) in [4.78, 5) is 19.8. The van der Waals surface area contributed by atoms with Crippen molar-refractivity contribution in [1.29, 1.82) is 0 Å². The third kappa shape index (κ3) is 3.09. The minimum absolute atomic E-state index is 0.00730. The molecule has 2 heterocycles. The number of imidazole rings is 1. The van der Waals surface area contributed by atoms with Gasteiger partial charge in [-0.15, -0.1) is 0 Å². The number of rotatable bonds is 0. The lowest BCUT2D eigenvalue weighted by molar-refractivity contribution is -0.116. The monoisotopic (exact) mass is 296 g/mol. The maximum absolute atomic E-state index is 12.2. The molecule has 5 nitrogen and oxygen atoms in total. The molecule has 0 saturated carbocycles. The highest BCUT2D eigenvalue weighted by Gasteiger charge is 2.15. The van der Waals surface area contributed by atoms with Gasteiger partial charge in [-0.1, -0.05) is 37.3 Å². The van der Waals surface area contributed by atoms with E-state index >= 15 is 0 Å². The maximum atomic E-state index is 12.2. The SMILES string of the molecule is CC1/C=C\CC(N)c2ncc([nH]2)-c2ccccc2NC(=O)C1. The fraction of sp³-hybridized carbons (Fsp3) is 0.294. The Morgan fingerprint density at radius 3 is 3.00 bits per heavy atom. The summed E-state index contributed by atoms with van der Waals surface area (Å²) in [7, 11) is 0. The molecule has 0 saturated heterocycles. The Bertz CT molecular complexity index is 704. The number of amides is 1. The quantitative estimate of drug-likeness (QED) is 0.653. The van der Waals surface area contributed by atoms with Crippen LogP contribution in [0.4, 0.5) is 5.69 Å². The van der Waals surface area contributed by atoms with Gasteiger partial charge in [0.1, 0.15) is 5.82 Å². The number of aromatic amines is 1. The third-order valence-corrected chi connectivity index (χ3v) is 3.80. The van der Waals surface area contributed by atoms with Gasteiger partial charge in [-0.2, -0.15) is 0 Å². The molecule has 1 amide bonds. The minimum atomic E-state index is -0.172. The van der Waals surface area contributed by atoms with Crippen LogP contribution in [0.2, 0.25) is 0 Å². The molecule has 0 spiro atoms. The van der Waals surface area contributed by atoms with Crippen LogP contribution in [0.25, 0.3) is 11.3 Å². The number of carbonyl (C=O) groups excluding carboxylic acids is 1. The molecule has 2 atom stereocenters. The number of aromatic nitrogens is 2. The fourth-order valence-corrected chi connectivity index (χ4v) is 2.62. The van der Waals surface area contributed by atoms with E-state index < -0.39 is 0 Å². The van der Waals surface area contributed by atoms with Crippen molar-refractivity contribution < 1.29 is 4.79 Å². The van der Waals surface area contributed by atoms with Gasteiger partial charge in [-0.05, 0) is 18.4 Å². The predicted octanol–water partition coefficient (Wildman–Crippen LogP) is 3.00. The van der Waals surface area contributed by atoms with Gasteiger partial charge in [0.2, 0.25) is 5.91 Å². The highest BCUT2D eigenvalue weighted by atomic mass is 16.1. The largest absolute Gasteiger partial charge is 0.341 e. The van der Waals surface area contributed by atoms with Gasteiger partial charge < -0.3 is 16.0 Å². The second kappa shape index (κ2) is 6.15. The summed E-state index contributed by atoms with van der Waals surface area (Å²) in [6, 6.07) is 7.53. The Morgan fingerprint density at radius 1 is 1.32 bits per heavy atom. The molecule has 3 rings (SSSR count). The number of nitrogens with zero attached hydrogens (tertiary/aromatic N) is 1. The zero-order valence-electron chi connectivity index (χ0n) is 12.5. The molecule has 22 heavy (non-hydrogen) atoms. The third-order valence-electron chi connectivity index (χ3n) is 3.80. The van der Waals surface area contributed by atoms with Crippen LogP contribution in [-0.4, -0.2) is 15.9 Å². The van der Waals surface area contributed by atoms with Crippen LogP contribution in [0.1, 0.15) is 31.6 Å². The van der Waals surface area contributed by atoms with Crippen LogP contribution < -0.4 is 11.1 Å². The molecular weight excluding hydrogens is 276 g/mol. The Kier molecular flexibility index (Phi) is 4.06. The molecule has 4 N–H and O–H groups in total. The van der Waals surface area contributed by atoms with Crippen molar-refractivity contribution >= 4 is 11.6 Å². The van der Waals surface area contributed by atoms with E-state index in [1.54, 1.807) is 6.20 Å². The molecule has 0 fully saturated rings. The van der Waals surface area contributed by atoms with Gasteiger partial charge >= 0.3 is 0 Å². The van der Waals surface area contributed by atoms with Crippen LogP contribution in [-0.2, 0) is 4.79 Å². The van der Waals surface area contributed by atoms with E-state index in [4.69, 9.17) is 5.73 Å². The number of allylic oxidation sites excluding steroid dienone is 1. The molecule has 5 heteroatoms. The number of hydrogen-bond acceptors (Lipinski definition) is 3. The van der Waals surface area contributed by atoms with Crippen molar-refractivity contribution in [2.45, 2.75) is 25.8 Å². The number of carbonyl (C=O) groups is 1. The lowest BCUT2D eigenvalue weighted by atomic mass is 10.0. The van der Waals surface area contributed by atoms with Crippen molar-refractivity contribution in [2.75, 3.05) is 5.32 Å². The summed E-state index contributed by atoms with van der Waals surface area (Å²) < 4.78 is 0. The van der Waals surface area contributed by atoms with Crippen LogP contribution in [0, 0.1) is 5.92 Å². The van der Waals surface area contributed by atoms with Gasteiger partial charge in [0.05, 0.1) is 23.6 Å². The summed E-state index contributed by atoms with van der Waals surface area (Å²) in [6.45, 7) is 2.03. The summed E-state index contributed by atoms with van der Waals surface area (Å²) in [5, 5.41) is 2.99. The molecule has 2 bridgehead atoms. The van der Waals surface area contributed by atoms with E-state index in [-0.39, 0.29) is 17.9 Å². The lowest BCUT2D eigenvalue weighted by Crippen LogP contribution is -2.15. The lowest BCUT2D eigenvalue weighted by Gasteiger charge is -2.11. The first-order valence-corrected chi connectivity index (χ1v) is 7.50. The van der Waals surface area contributed by atoms with Gasteiger partial charge in [0.15, 0.2) is 0 Å². The van der Waals surface area contributed by atoms with E-state index in [1.807, 2.05) is 43.3 Å². The molecule has 1 aliphatic heterocycles. The Balaban J connectivity index is 2.03. The van der Waals surface area contributed by atoms with Crippen molar-refractivity contribution in [3.05, 3.63) is 48.4 Å². The summed E-state index contributed by atoms with van der Waals surface area (Å²) >= 11 is 0. The first-order valence-electron chi connectivity index (χ1n) is 7.50. The molecule has 1 aromatic carbocycles. The standard InChI is InChI=1S/C17H20N4O/c1-11-5-4-7-13(18)17-19-10-15(21-17)12-6-2-3-8-14(12)20-16(22)9-11/h2-6,8,10-11,13H,7,9,18H2,1H3,(H,19,21)(H,20,22)/b5-4-. The molecule has 114 valence electrons. The molecule has 0 aliphatic carbocycles. The zero-order chi connectivity index (χ0) is 15.5. The molecular formula is C17H20N4O. The number of hydrogen-bond donors (Lipinski definition) is 3. The number of H-pyrrole nitrogens is 1. The molecule has 2 unspecified atom stereocenters. The first kappa shape index (κ1) is 14.5. The van der Waals surface area contributed by atoms with Gasteiger partial charge in [0.25, 0.3) is 0 Å². The summed E-state index contributed by atoms with van der Waals surface area (Å²) in [6.07, 6.45) is 6.97. The van der Waals surface area contributed by atoms with Gasteiger partial charge in [-0.25, -0.2) is 4.98 Å². The molecule has 1 aliphatic rings. The average molecular weight is 296 g/mol. The minimum Gasteiger partial charge on any atom is -0.341 e. The normalized spacial score (nSPS) is 23.5. The number of benzene rings is 1. The summed E-state index contributed by atoms with van der Waals surface area (Å²) in [5.41, 5.74) is 8.73. The first-order chi connectivity index (χ1) is 10.6. The number of anilines is 1. The van der Waals surface area contributed by atoms with Gasteiger partial charge in [0, 0.05) is 12.0 Å². The van der Waals surface area contributed by atoms with E-state index in [0.29, 0.717) is 12.8 Å². The smallest absolute Gasteiger partial charge is 0.224 e. The number of nitrogens with one attached hydrogen (secondary N) is 2. The van der Waals surface area contributed by atoms with Crippen molar-refractivity contribution in [1.82, 2.24) is 9.97 Å². The molecule has 0 radical (unpaired) electrons. The van der Waals surface area contributed by atoms with Gasteiger partial charge in [-0.3, -0.25) is 4.79 Å².